The first-order valence-corrected chi connectivity index (χ1v) is 1.99. The van der Waals surface area contributed by atoms with Gasteiger partial charge in [0.1, 0.15) is 6.34 Å². The summed E-state index contributed by atoms with van der Waals surface area (Å²) in [6, 6.07) is 0. The van der Waals surface area contributed by atoms with E-state index in [1.165, 1.54) is 11.3 Å². The summed E-state index contributed by atoms with van der Waals surface area (Å²) in [6.07, 6.45) is 0.755. The predicted octanol–water partition coefficient (Wildman–Crippen LogP) is -1.26. The molecule has 0 aromatic carbocycles. The number of aliphatic hydroxyl groups excluding tert-OH is 1. The fraction of sp³-hybridized carbons (Fsp3) is 0.667. The highest BCUT2D eigenvalue weighted by Crippen LogP contribution is 1.91. The van der Waals surface area contributed by atoms with Gasteiger partial charge in [-0.3, -0.25) is 0 Å². The molecule has 0 aromatic heterocycles. The zero-order valence-electron chi connectivity index (χ0n) is 4.00. The van der Waals surface area contributed by atoms with Crippen molar-refractivity contribution in [1.82, 2.24) is 10.4 Å². The van der Waals surface area contributed by atoms with Crippen molar-refractivity contribution < 1.29 is 5.11 Å². The van der Waals surface area contributed by atoms with E-state index in [9.17, 15) is 0 Å². The largest absolute Gasteiger partial charge is 0.358 e. The third-order valence-electron chi connectivity index (χ3n) is 0.816. The lowest BCUT2D eigenvalue weighted by atomic mass is 10.9. The van der Waals surface area contributed by atoms with E-state index >= 15 is 0 Å². The van der Waals surface area contributed by atoms with E-state index in [4.69, 9.17) is 5.11 Å². The lowest BCUT2D eigenvalue weighted by Gasteiger charge is -2.09. The van der Waals surface area contributed by atoms with Crippen molar-refractivity contribution in [3.63, 3.8) is 0 Å². The molecule has 1 rings (SSSR count). The van der Waals surface area contributed by atoms with E-state index in [1.807, 2.05) is 0 Å². The van der Waals surface area contributed by atoms with Crippen LogP contribution in [0, 0.1) is 0 Å². The first kappa shape index (κ1) is 4.55. The first-order chi connectivity index (χ1) is 3.30. The molecule has 0 bridgehead atoms. The Bertz CT molecular complexity index is 92.2. The molecule has 7 heavy (non-hydrogen) atoms. The number of aliphatic imine (C=N–C) groups is 1. The van der Waals surface area contributed by atoms with Crippen LogP contribution in [0.15, 0.2) is 4.99 Å². The molecule has 4 heteroatoms. The Morgan fingerprint density at radius 2 is 2.71 bits per heavy atom. The minimum absolute atomic E-state index is 0.694. The average Bonchev–Trinajstić information content (AvgIpc) is 1.91. The summed E-state index contributed by atoms with van der Waals surface area (Å²) in [6.45, 7) is 0. The van der Waals surface area contributed by atoms with Gasteiger partial charge in [-0.05, 0) is 0 Å². The molecule has 40 valence electrons. The van der Waals surface area contributed by atoms with E-state index in [0.717, 1.165) is 0 Å². The van der Waals surface area contributed by atoms with Gasteiger partial charge in [-0.2, -0.15) is 5.01 Å². The molecule has 1 aliphatic rings. The van der Waals surface area contributed by atoms with Crippen molar-refractivity contribution in [2.45, 2.75) is 6.35 Å². The fourth-order valence-electron chi connectivity index (χ4n) is 0.358. The molecule has 1 unspecified atom stereocenters. The zero-order valence-corrected chi connectivity index (χ0v) is 4.00. The second-order valence-electron chi connectivity index (χ2n) is 1.36. The van der Waals surface area contributed by atoms with Gasteiger partial charge in [0.15, 0.2) is 0 Å². The highest BCUT2D eigenvalue weighted by atomic mass is 16.3. The first-order valence-electron chi connectivity index (χ1n) is 1.99. The normalized spacial score (nSPS) is 30.9. The van der Waals surface area contributed by atoms with E-state index in [-0.39, 0.29) is 0 Å². The van der Waals surface area contributed by atoms with Gasteiger partial charge in [0, 0.05) is 7.05 Å². The maximum atomic E-state index is 8.66. The number of hydrogen-bond donors (Lipinski definition) is 2. The molecule has 0 saturated heterocycles. The van der Waals surface area contributed by atoms with Gasteiger partial charge in [0.25, 0.3) is 0 Å². The van der Waals surface area contributed by atoms with Gasteiger partial charge in [-0.15, -0.1) is 0 Å². The number of hydrogen-bond acceptors (Lipinski definition) is 4. The molecule has 1 aliphatic heterocycles. The highest BCUT2D eigenvalue weighted by molar-refractivity contribution is 5.55. The molecule has 0 aliphatic carbocycles. The van der Waals surface area contributed by atoms with Crippen molar-refractivity contribution in [3.05, 3.63) is 0 Å². The summed E-state index contributed by atoms with van der Waals surface area (Å²) in [4.78, 5) is 3.56. The molecule has 0 spiro atoms. The minimum atomic E-state index is -0.694. The molecule has 0 radical (unpaired) electrons. The van der Waals surface area contributed by atoms with Crippen LogP contribution < -0.4 is 5.43 Å². The summed E-state index contributed by atoms with van der Waals surface area (Å²) < 4.78 is 0. The molecular weight excluding hydrogens is 94.1 g/mol. The van der Waals surface area contributed by atoms with Crippen molar-refractivity contribution in [1.29, 1.82) is 0 Å². The standard InChI is InChI=1S/C3H7N3O/c1-6-3(7)4-2-5-6/h2-3,7H,1H3,(H,4,5). The van der Waals surface area contributed by atoms with E-state index in [0.29, 0.717) is 0 Å². The molecule has 0 fully saturated rings. The molecule has 1 heterocycles. The van der Waals surface area contributed by atoms with Gasteiger partial charge in [0.05, 0.1) is 0 Å². The maximum Gasteiger partial charge on any atom is 0.222 e. The SMILES string of the molecule is CN1NC=NC1O. The quantitative estimate of drug-likeness (QED) is 0.400. The van der Waals surface area contributed by atoms with Crippen molar-refractivity contribution in [2.24, 2.45) is 4.99 Å². The number of nitrogens with one attached hydrogen (secondary N) is 1. The summed E-state index contributed by atoms with van der Waals surface area (Å²) >= 11 is 0. The Balaban J connectivity index is 2.45. The lowest BCUT2D eigenvalue weighted by Crippen LogP contribution is -2.33. The summed E-state index contributed by atoms with van der Waals surface area (Å²) in [5.41, 5.74) is 2.66. The van der Waals surface area contributed by atoms with Crippen LogP contribution in [0.5, 0.6) is 0 Å². The summed E-state index contributed by atoms with van der Waals surface area (Å²) in [7, 11) is 1.71. The number of nitrogens with zero attached hydrogens (tertiary/aromatic N) is 2. The fourth-order valence-corrected chi connectivity index (χ4v) is 0.358. The molecular formula is C3H7N3O. The Morgan fingerprint density at radius 1 is 2.00 bits per heavy atom. The minimum Gasteiger partial charge on any atom is -0.358 e. The Labute approximate surface area is 41.4 Å². The van der Waals surface area contributed by atoms with E-state index < -0.39 is 6.35 Å². The van der Waals surface area contributed by atoms with Gasteiger partial charge >= 0.3 is 0 Å². The Kier molecular flexibility index (Phi) is 0.958. The molecule has 1 atom stereocenters. The van der Waals surface area contributed by atoms with Crippen LogP contribution in [0.25, 0.3) is 0 Å². The number of aliphatic hydroxyl groups is 1. The molecule has 2 N–H and O–H groups in total. The maximum absolute atomic E-state index is 8.66. The average molecular weight is 101 g/mol. The summed E-state index contributed by atoms with van der Waals surface area (Å²) in [5.74, 6) is 0. The van der Waals surface area contributed by atoms with Gasteiger partial charge in [-0.25, -0.2) is 4.99 Å². The third-order valence-corrected chi connectivity index (χ3v) is 0.816. The number of rotatable bonds is 0. The topological polar surface area (TPSA) is 47.9 Å². The van der Waals surface area contributed by atoms with Crippen LogP contribution in [0.2, 0.25) is 0 Å². The van der Waals surface area contributed by atoms with Crippen LogP contribution in [-0.2, 0) is 0 Å². The highest BCUT2D eigenvalue weighted by Gasteiger charge is 2.09. The van der Waals surface area contributed by atoms with Crippen LogP contribution in [0.3, 0.4) is 0 Å². The van der Waals surface area contributed by atoms with Crippen molar-refractivity contribution >= 4 is 6.34 Å². The monoisotopic (exact) mass is 101 g/mol. The summed E-state index contributed by atoms with van der Waals surface area (Å²) in [5, 5.41) is 10.1. The van der Waals surface area contributed by atoms with Crippen LogP contribution in [0.1, 0.15) is 0 Å². The van der Waals surface area contributed by atoms with Gasteiger partial charge in [-0.1, -0.05) is 0 Å². The lowest BCUT2D eigenvalue weighted by molar-refractivity contribution is 0.0286. The molecule has 0 saturated carbocycles. The Morgan fingerprint density at radius 3 is 2.86 bits per heavy atom. The smallest absolute Gasteiger partial charge is 0.222 e. The van der Waals surface area contributed by atoms with E-state index in [1.54, 1.807) is 7.05 Å². The molecule has 4 nitrogen and oxygen atoms in total. The third kappa shape index (κ3) is 0.703. The number of hydrazine groups is 1. The zero-order chi connectivity index (χ0) is 5.28. The van der Waals surface area contributed by atoms with Gasteiger partial charge < -0.3 is 10.5 Å². The van der Waals surface area contributed by atoms with Crippen molar-refractivity contribution in [2.75, 3.05) is 7.05 Å². The van der Waals surface area contributed by atoms with Crippen LogP contribution >= 0.6 is 0 Å². The Hall–Kier alpha value is -0.610. The second-order valence-corrected chi connectivity index (χ2v) is 1.36. The van der Waals surface area contributed by atoms with Crippen LogP contribution in [-0.4, -0.2) is 29.9 Å². The van der Waals surface area contributed by atoms with Gasteiger partial charge in [0.2, 0.25) is 6.35 Å². The molecule has 0 aromatic rings. The predicted molar refractivity (Wildman–Crippen MR) is 25.4 cm³/mol. The van der Waals surface area contributed by atoms with Crippen molar-refractivity contribution in [3.8, 4) is 0 Å². The second kappa shape index (κ2) is 1.48. The van der Waals surface area contributed by atoms with Crippen LogP contribution in [0.4, 0.5) is 0 Å². The molecule has 0 amide bonds. The van der Waals surface area contributed by atoms with E-state index in [2.05, 4.69) is 10.4 Å².